The van der Waals surface area contributed by atoms with Gasteiger partial charge in [0.1, 0.15) is 5.82 Å². The van der Waals surface area contributed by atoms with Crippen molar-refractivity contribution >= 4 is 29.3 Å². The van der Waals surface area contributed by atoms with Gasteiger partial charge >= 0.3 is 0 Å². The minimum Gasteiger partial charge on any atom is -0.395 e. The number of ketones is 1. The Labute approximate surface area is 128 Å². The van der Waals surface area contributed by atoms with E-state index in [-0.39, 0.29) is 29.0 Å². The maximum Gasteiger partial charge on any atom is 0.176 e. The first-order valence-corrected chi connectivity index (χ1v) is 7.07. The number of nitrogens with two attached hydrogens (primary N) is 1. The Kier molecular flexibility index (Phi) is 5.87. The van der Waals surface area contributed by atoms with E-state index in [1.165, 1.54) is 6.07 Å². The minimum atomic E-state index is -1.13. The highest BCUT2D eigenvalue weighted by atomic mass is 35.5. The van der Waals surface area contributed by atoms with Gasteiger partial charge in [-0.05, 0) is 32.4 Å². The van der Waals surface area contributed by atoms with Crippen LogP contribution in [0.1, 0.15) is 37.6 Å². The standard InChI is InChI=1S/C15H20ClFN2O2/c1-4-15(7-18,8-21-9(2)3)14(20)10-5-11(16)13(19)12(17)6-10/h5-7,9,18H,4,8,19H2,1-3H3. The molecule has 116 valence electrons. The summed E-state index contributed by atoms with van der Waals surface area (Å²) in [7, 11) is 0. The highest BCUT2D eigenvalue weighted by Gasteiger charge is 2.36. The van der Waals surface area contributed by atoms with Crippen LogP contribution in [-0.2, 0) is 4.74 Å². The molecule has 1 unspecified atom stereocenters. The van der Waals surface area contributed by atoms with Crippen LogP contribution in [0.5, 0.6) is 0 Å². The Morgan fingerprint density at radius 1 is 1.57 bits per heavy atom. The number of rotatable bonds is 7. The lowest BCUT2D eigenvalue weighted by molar-refractivity contribution is 0.0312. The van der Waals surface area contributed by atoms with Crippen LogP contribution in [0.15, 0.2) is 12.1 Å². The topological polar surface area (TPSA) is 76.2 Å². The Bertz CT molecular complexity index is 525. The summed E-state index contributed by atoms with van der Waals surface area (Å²) in [6.07, 6.45) is 1.35. The van der Waals surface area contributed by atoms with E-state index in [0.717, 1.165) is 12.3 Å². The van der Waals surface area contributed by atoms with Crippen molar-refractivity contribution in [2.75, 3.05) is 12.3 Å². The SMILES string of the molecule is CCC(C=N)(COC(C)C)C(=O)c1cc(F)c(N)c(Cl)c1. The minimum absolute atomic E-state index is 0.0156. The first-order chi connectivity index (χ1) is 9.77. The van der Waals surface area contributed by atoms with E-state index in [0.29, 0.717) is 6.42 Å². The van der Waals surface area contributed by atoms with Gasteiger partial charge in [-0.1, -0.05) is 18.5 Å². The number of benzene rings is 1. The number of hydrogen-bond donors (Lipinski definition) is 2. The van der Waals surface area contributed by atoms with Gasteiger partial charge in [-0.3, -0.25) is 4.79 Å². The van der Waals surface area contributed by atoms with Gasteiger partial charge in [-0.15, -0.1) is 0 Å². The zero-order chi connectivity index (χ0) is 16.2. The number of anilines is 1. The number of ether oxygens (including phenoxy) is 1. The molecule has 0 saturated heterocycles. The van der Waals surface area contributed by atoms with Gasteiger partial charge in [-0.25, -0.2) is 4.39 Å². The zero-order valence-corrected chi connectivity index (χ0v) is 13.1. The predicted octanol–water partition coefficient (Wildman–Crippen LogP) is 3.71. The van der Waals surface area contributed by atoms with Gasteiger partial charge < -0.3 is 15.9 Å². The van der Waals surface area contributed by atoms with Gasteiger partial charge in [0.2, 0.25) is 0 Å². The van der Waals surface area contributed by atoms with Crippen LogP contribution in [0, 0.1) is 16.6 Å². The molecule has 0 aliphatic rings. The molecule has 1 rings (SSSR count). The number of nitrogens with one attached hydrogen (secondary N) is 1. The molecule has 21 heavy (non-hydrogen) atoms. The third-order valence-corrected chi connectivity index (χ3v) is 3.69. The molecular formula is C15H20ClFN2O2. The van der Waals surface area contributed by atoms with E-state index >= 15 is 0 Å². The van der Waals surface area contributed by atoms with Crippen molar-refractivity contribution in [3.63, 3.8) is 0 Å². The molecule has 6 heteroatoms. The number of hydrogen-bond acceptors (Lipinski definition) is 4. The van der Waals surface area contributed by atoms with Crippen LogP contribution in [0.4, 0.5) is 10.1 Å². The summed E-state index contributed by atoms with van der Waals surface area (Å²) in [5.41, 5.74) is 4.20. The molecule has 1 aromatic rings. The number of carbonyl (C=O) groups excluding carboxylic acids is 1. The van der Waals surface area contributed by atoms with E-state index in [9.17, 15) is 9.18 Å². The summed E-state index contributed by atoms with van der Waals surface area (Å²) in [5.74, 6) is -1.15. The molecule has 1 atom stereocenters. The summed E-state index contributed by atoms with van der Waals surface area (Å²) < 4.78 is 19.2. The van der Waals surface area contributed by atoms with Crippen LogP contribution in [-0.4, -0.2) is 24.7 Å². The number of carbonyl (C=O) groups is 1. The number of halogens is 2. The molecule has 1 aromatic carbocycles. The molecule has 0 radical (unpaired) electrons. The van der Waals surface area contributed by atoms with E-state index < -0.39 is 17.0 Å². The highest BCUT2D eigenvalue weighted by molar-refractivity contribution is 6.33. The number of Topliss-reactive ketones (excluding diaryl/α,β-unsaturated/α-hetero) is 1. The summed E-state index contributed by atoms with van der Waals surface area (Å²) in [6, 6.07) is 2.37. The first kappa shape index (κ1) is 17.6. The third kappa shape index (κ3) is 3.80. The lowest BCUT2D eigenvalue weighted by Gasteiger charge is -2.27. The predicted molar refractivity (Wildman–Crippen MR) is 82.7 cm³/mol. The molecule has 0 aliphatic heterocycles. The second-order valence-electron chi connectivity index (χ2n) is 5.20. The van der Waals surface area contributed by atoms with Crippen molar-refractivity contribution in [2.45, 2.75) is 33.3 Å². The van der Waals surface area contributed by atoms with Gasteiger partial charge in [-0.2, -0.15) is 0 Å². The van der Waals surface area contributed by atoms with Crippen LogP contribution >= 0.6 is 11.6 Å². The van der Waals surface area contributed by atoms with Crippen molar-refractivity contribution in [1.82, 2.24) is 0 Å². The molecule has 0 heterocycles. The zero-order valence-electron chi connectivity index (χ0n) is 12.4. The lowest BCUT2D eigenvalue weighted by Crippen LogP contribution is -2.38. The van der Waals surface area contributed by atoms with Crippen molar-refractivity contribution in [1.29, 1.82) is 5.41 Å². The average Bonchev–Trinajstić information content (AvgIpc) is 2.45. The van der Waals surface area contributed by atoms with E-state index in [1.807, 2.05) is 13.8 Å². The molecule has 0 fully saturated rings. The van der Waals surface area contributed by atoms with Gasteiger partial charge in [0, 0.05) is 11.8 Å². The number of nitrogen functional groups attached to an aromatic ring is 1. The largest absolute Gasteiger partial charge is 0.395 e. The monoisotopic (exact) mass is 314 g/mol. The Balaban J connectivity index is 3.20. The molecule has 0 saturated carbocycles. The summed E-state index contributed by atoms with van der Waals surface area (Å²) in [4.78, 5) is 12.7. The van der Waals surface area contributed by atoms with Crippen molar-refractivity contribution in [3.05, 3.63) is 28.5 Å². The van der Waals surface area contributed by atoms with E-state index in [2.05, 4.69) is 0 Å². The fourth-order valence-corrected chi connectivity index (χ4v) is 2.06. The quantitative estimate of drug-likeness (QED) is 0.457. The normalized spacial score (nSPS) is 14.0. The van der Waals surface area contributed by atoms with Crippen molar-refractivity contribution < 1.29 is 13.9 Å². The Morgan fingerprint density at radius 3 is 2.62 bits per heavy atom. The molecular weight excluding hydrogens is 295 g/mol. The van der Waals surface area contributed by atoms with Crippen LogP contribution < -0.4 is 5.73 Å². The summed E-state index contributed by atoms with van der Waals surface area (Å²) in [6.45, 7) is 5.53. The molecule has 0 aromatic heterocycles. The van der Waals surface area contributed by atoms with E-state index in [4.69, 9.17) is 27.5 Å². The Morgan fingerprint density at radius 2 is 2.19 bits per heavy atom. The lowest BCUT2D eigenvalue weighted by atomic mass is 9.79. The van der Waals surface area contributed by atoms with Gasteiger partial charge in [0.25, 0.3) is 0 Å². The molecule has 0 amide bonds. The van der Waals surface area contributed by atoms with Crippen LogP contribution in [0.25, 0.3) is 0 Å². The highest BCUT2D eigenvalue weighted by Crippen LogP contribution is 2.30. The maximum atomic E-state index is 13.7. The maximum absolute atomic E-state index is 13.7. The summed E-state index contributed by atoms with van der Waals surface area (Å²) in [5, 5.41) is 7.59. The Hall–Kier alpha value is -1.46. The van der Waals surface area contributed by atoms with Crippen LogP contribution in [0.2, 0.25) is 5.02 Å². The van der Waals surface area contributed by atoms with Crippen molar-refractivity contribution in [3.8, 4) is 0 Å². The molecule has 0 aliphatic carbocycles. The summed E-state index contributed by atoms with van der Waals surface area (Å²) >= 11 is 5.82. The molecule has 0 spiro atoms. The molecule has 3 N–H and O–H groups in total. The first-order valence-electron chi connectivity index (χ1n) is 6.70. The second kappa shape index (κ2) is 7.00. The third-order valence-electron chi connectivity index (χ3n) is 3.37. The molecule has 4 nitrogen and oxygen atoms in total. The fourth-order valence-electron chi connectivity index (χ4n) is 1.86. The average molecular weight is 315 g/mol. The van der Waals surface area contributed by atoms with E-state index in [1.54, 1.807) is 6.92 Å². The second-order valence-corrected chi connectivity index (χ2v) is 5.60. The van der Waals surface area contributed by atoms with Gasteiger partial charge in [0.05, 0.1) is 28.8 Å². The fraction of sp³-hybridized carbons (Fsp3) is 0.467. The van der Waals surface area contributed by atoms with Gasteiger partial charge in [0.15, 0.2) is 5.78 Å². The van der Waals surface area contributed by atoms with Crippen LogP contribution in [0.3, 0.4) is 0 Å². The molecule has 0 bridgehead atoms. The smallest absolute Gasteiger partial charge is 0.176 e. The van der Waals surface area contributed by atoms with Crippen molar-refractivity contribution in [2.24, 2.45) is 5.41 Å².